The second-order valence-electron chi connectivity index (χ2n) is 6.56. The zero-order valence-corrected chi connectivity index (χ0v) is 15.8. The molecule has 0 bridgehead atoms. The molecule has 136 valence electrons. The quantitative estimate of drug-likeness (QED) is 0.889. The monoisotopic (exact) mass is 362 g/mol. The van der Waals surface area contributed by atoms with Gasteiger partial charge in [0.25, 0.3) is 5.91 Å². The molecule has 1 aromatic carbocycles. The van der Waals surface area contributed by atoms with Gasteiger partial charge in [-0.1, -0.05) is 31.2 Å². The van der Waals surface area contributed by atoms with Gasteiger partial charge in [0.15, 0.2) is 0 Å². The summed E-state index contributed by atoms with van der Waals surface area (Å²) in [6.07, 6.45) is 6.23. The SMILES string of the molecule is CCc1ccc(CN(C)C(=O)C2(n3cccn3)CCNCC2)cc1.Cl. The number of nitrogens with zero attached hydrogens (tertiary/aromatic N) is 3. The Bertz CT molecular complexity index is 663. The minimum atomic E-state index is -0.563. The third kappa shape index (κ3) is 4.05. The smallest absolute Gasteiger partial charge is 0.250 e. The molecule has 6 heteroatoms. The Morgan fingerprint density at radius 2 is 1.88 bits per heavy atom. The average molecular weight is 363 g/mol. The first-order valence-corrected chi connectivity index (χ1v) is 8.70. The van der Waals surface area contributed by atoms with Crippen LogP contribution >= 0.6 is 12.4 Å². The summed E-state index contributed by atoms with van der Waals surface area (Å²) < 4.78 is 1.85. The van der Waals surface area contributed by atoms with E-state index in [0.717, 1.165) is 37.9 Å². The van der Waals surface area contributed by atoms with Crippen molar-refractivity contribution in [3.63, 3.8) is 0 Å². The lowest BCUT2D eigenvalue weighted by molar-refractivity contribution is -0.142. The maximum absolute atomic E-state index is 13.3. The molecule has 25 heavy (non-hydrogen) atoms. The molecule has 1 saturated heterocycles. The molecule has 1 aromatic heterocycles. The molecule has 1 aliphatic rings. The Hall–Kier alpha value is -1.85. The minimum Gasteiger partial charge on any atom is -0.339 e. The van der Waals surface area contributed by atoms with E-state index in [-0.39, 0.29) is 18.3 Å². The Balaban J connectivity index is 0.00000225. The summed E-state index contributed by atoms with van der Waals surface area (Å²) in [6.45, 7) is 4.45. The van der Waals surface area contributed by atoms with Gasteiger partial charge in [0.1, 0.15) is 5.54 Å². The number of piperidine rings is 1. The molecule has 0 radical (unpaired) electrons. The zero-order valence-electron chi connectivity index (χ0n) is 14.9. The van der Waals surface area contributed by atoms with Crippen LogP contribution in [0.5, 0.6) is 0 Å². The second kappa shape index (κ2) is 8.50. The fraction of sp³-hybridized carbons (Fsp3) is 0.474. The van der Waals surface area contributed by atoms with E-state index >= 15 is 0 Å². The summed E-state index contributed by atoms with van der Waals surface area (Å²) in [5.74, 6) is 0.146. The lowest BCUT2D eigenvalue weighted by Crippen LogP contribution is -2.54. The van der Waals surface area contributed by atoms with Crippen LogP contribution in [0.4, 0.5) is 0 Å². The normalized spacial score (nSPS) is 16.1. The standard InChI is InChI=1S/C19H26N4O.ClH/c1-3-16-5-7-17(8-6-16)15-22(2)18(24)19(9-12-20-13-10-19)23-14-4-11-21-23;/h4-8,11,14,20H,3,9-10,12-13,15H2,1-2H3;1H. The molecule has 1 aliphatic heterocycles. The lowest BCUT2D eigenvalue weighted by Gasteiger charge is -2.39. The molecule has 5 nitrogen and oxygen atoms in total. The maximum Gasteiger partial charge on any atom is 0.250 e. The third-order valence-electron chi connectivity index (χ3n) is 4.97. The molecule has 1 N–H and O–H groups in total. The third-order valence-corrected chi connectivity index (χ3v) is 4.97. The van der Waals surface area contributed by atoms with Crippen LogP contribution in [-0.2, 0) is 23.3 Å². The van der Waals surface area contributed by atoms with E-state index in [4.69, 9.17) is 0 Å². The number of hydrogen-bond acceptors (Lipinski definition) is 3. The predicted molar refractivity (Wildman–Crippen MR) is 102 cm³/mol. The summed E-state index contributed by atoms with van der Waals surface area (Å²) in [7, 11) is 1.89. The molecular weight excluding hydrogens is 336 g/mol. The molecule has 2 aromatic rings. The van der Waals surface area contributed by atoms with Gasteiger partial charge in [-0.05, 0) is 49.5 Å². The molecule has 0 unspecified atom stereocenters. The number of aryl methyl sites for hydroxylation is 1. The number of aromatic nitrogens is 2. The number of benzene rings is 1. The van der Waals surface area contributed by atoms with Crippen molar-refractivity contribution in [2.75, 3.05) is 20.1 Å². The van der Waals surface area contributed by atoms with Crippen LogP contribution < -0.4 is 5.32 Å². The Morgan fingerprint density at radius 3 is 2.44 bits per heavy atom. The summed E-state index contributed by atoms with van der Waals surface area (Å²) in [4.78, 5) is 15.1. The number of carbonyl (C=O) groups is 1. The molecule has 0 aliphatic carbocycles. The molecule has 0 saturated carbocycles. The average Bonchev–Trinajstić information content (AvgIpc) is 3.17. The van der Waals surface area contributed by atoms with E-state index < -0.39 is 5.54 Å². The number of amides is 1. The highest BCUT2D eigenvalue weighted by Gasteiger charge is 2.43. The first-order chi connectivity index (χ1) is 11.7. The predicted octanol–water partition coefficient (Wildman–Crippen LogP) is 2.60. The highest BCUT2D eigenvalue weighted by molar-refractivity contribution is 5.85. The second-order valence-corrected chi connectivity index (χ2v) is 6.56. The van der Waals surface area contributed by atoms with Crippen LogP contribution in [0.15, 0.2) is 42.7 Å². The van der Waals surface area contributed by atoms with Crippen LogP contribution in [0, 0.1) is 0 Å². The van der Waals surface area contributed by atoms with Crippen LogP contribution in [-0.4, -0.2) is 40.7 Å². The van der Waals surface area contributed by atoms with Crippen molar-refractivity contribution in [1.82, 2.24) is 20.0 Å². The number of halogens is 1. The van der Waals surface area contributed by atoms with Crippen molar-refractivity contribution in [3.05, 3.63) is 53.9 Å². The molecule has 0 spiro atoms. The number of hydrogen-bond donors (Lipinski definition) is 1. The fourth-order valence-corrected chi connectivity index (χ4v) is 3.48. The summed E-state index contributed by atoms with van der Waals surface area (Å²) >= 11 is 0. The maximum atomic E-state index is 13.3. The van der Waals surface area contributed by atoms with Crippen molar-refractivity contribution in [2.45, 2.75) is 38.3 Å². The fourth-order valence-electron chi connectivity index (χ4n) is 3.48. The van der Waals surface area contributed by atoms with Crippen LogP contribution in [0.2, 0.25) is 0 Å². The van der Waals surface area contributed by atoms with Crippen molar-refractivity contribution >= 4 is 18.3 Å². The van der Waals surface area contributed by atoms with Gasteiger partial charge >= 0.3 is 0 Å². The number of nitrogens with one attached hydrogen (secondary N) is 1. The van der Waals surface area contributed by atoms with E-state index in [1.165, 1.54) is 5.56 Å². The summed E-state index contributed by atoms with van der Waals surface area (Å²) in [6, 6.07) is 10.4. The largest absolute Gasteiger partial charge is 0.339 e. The van der Waals surface area contributed by atoms with E-state index in [9.17, 15) is 4.79 Å². The summed E-state index contributed by atoms with van der Waals surface area (Å²) in [5.41, 5.74) is 1.92. The van der Waals surface area contributed by atoms with Crippen LogP contribution in [0.3, 0.4) is 0 Å². The topological polar surface area (TPSA) is 50.2 Å². The van der Waals surface area contributed by atoms with E-state index in [2.05, 4.69) is 41.6 Å². The van der Waals surface area contributed by atoms with E-state index in [0.29, 0.717) is 6.54 Å². The van der Waals surface area contributed by atoms with Gasteiger partial charge in [-0.25, -0.2) is 0 Å². The molecular formula is C19H27ClN4O. The molecule has 1 amide bonds. The Morgan fingerprint density at radius 1 is 1.24 bits per heavy atom. The van der Waals surface area contributed by atoms with Crippen LogP contribution in [0.25, 0.3) is 0 Å². The lowest BCUT2D eigenvalue weighted by atomic mass is 9.86. The molecule has 1 fully saturated rings. The molecule has 3 rings (SSSR count). The van der Waals surface area contributed by atoms with Crippen molar-refractivity contribution in [3.8, 4) is 0 Å². The van der Waals surface area contributed by atoms with Gasteiger partial charge in [-0.15, -0.1) is 12.4 Å². The first kappa shape index (κ1) is 19.5. The zero-order chi connectivity index (χ0) is 17.0. The number of likely N-dealkylation sites (N-methyl/N-ethyl adjacent to an activating group) is 1. The van der Waals surface area contributed by atoms with Gasteiger partial charge in [0.05, 0.1) is 0 Å². The highest BCUT2D eigenvalue weighted by Crippen LogP contribution is 2.29. The molecule has 0 atom stereocenters. The van der Waals surface area contributed by atoms with Gasteiger partial charge in [0, 0.05) is 26.0 Å². The van der Waals surface area contributed by atoms with Gasteiger partial charge < -0.3 is 10.2 Å². The van der Waals surface area contributed by atoms with E-state index in [1.54, 1.807) is 6.20 Å². The highest BCUT2D eigenvalue weighted by atomic mass is 35.5. The first-order valence-electron chi connectivity index (χ1n) is 8.70. The van der Waals surface area contributed by atoms with Gasteiger partial charge in [-0.3, -0.25) is 9.48 Å². The van der Waals surface area contributed by atoms with Crippen molar-refractivity contribution in [1.29, 1.82) is 0 Å². The van der Waals surface area contributed by atoms with Gasteiger partial charge in [-0.2, -0.15) is 5.10 Å². The van der Waals surface area contributed by atoms with Crippen molar-refractivity contribution in [2.24, 2.45) is 0 Å². The minimum absolute atomic E-state index is 0. The van der Waals surface area contributed by atoms with Crippen LogP contribution in [0.1, 0.15) is 30.9 Å². The van der Waals surface area contributed by atoms with Gasteiger partial charge in [0.2, 0.25) is 0 Å². The molecule has 2 heterocycles. The Kier molecular flexibility index (Phi) is 6.62. The Labute approximate surface area is 155 Å². The number of rotatable bonds is 5. The summed E-state index contributed by atoms with van der Waals surface area (Å²) in [5, 5.41) is 7.73. The number of carbonyl (C=O) groups excluding carboxylic acids is 1. The van der Waals surface area contributed by atoms with E-state index in [1.807, 2.05) is 28.9 Å². The van der Waals surface area contributed by atoms with Crippen molar-refractivity contribution < 1.29 is 4.79 Å².